The number of carbonyl (C=O) groups excluding carboxylic acids is 17. The molecule has 0 spiro atoms. The number of hydrogen-bond acceptors (Lipinski definition) is 24. The second kappa shape index (κ2) is 50.4. The minimum Gasteiger partial charge on any atom is -0.480 e. The van der Waals surface area contributed by atoms with E-state index in [-0.39, 0.29) is 83.2 Å². The molecule has 1 aliphatic rings. The maximum Gasteiger partial charge on any atom is 0.326 e. The van der Waals surface area contributed by atoms with E-state index in [0.29, 0.717) is 18.4 Å². The minimum atomic E-state index is -1.89. The van der Waals surface area contributed by atoms with Gasteiger partial charge < -0.3 is 128 Å². The van der Waals surface area contributed by atoms with Crippen molar-refractivity contribution in [3.05, 3.63) is 35.9 Å². The number of nitrogens with one attached hydrogen (secondary N) is 15. The number of carboxylic acids is 1. The van der Waals surface area contributed by atoms with Crippen LogP contribution in [0.25, 0.3) is 0 Å². The van der Waals surface area contributed by atoms with Crippen LogP contribution in [0.1, 0.15) is 145 Å². The molecule has 0 radical (unpaired) electrons. The van der Waals surface area contributed by atoms with Crippen molar-refractivity contribution in [3.63, 3.8) is 0 Å². The molecule has 1 saturated heterocycles. The third kappa shape index (κ3) is 35.4. The van der Waals surface area contributed by atoms with E-state index in [4.69, 9.17) is 22.9 Å². The highest BCUT2D eigenvalue weighted by molar-refractivity contribution is 6.01. The molecule has 0 aliphatic carbocycles. The number of benzene rings is 1. The summed E-state index contributed by atoms with van der Waals surface area (Å²) in [5.74, 6) is -20.7. The standard InChI is InChI=1S/C71H117N19O23/c1-34(2)27-44(61(102)82-45(28-39-17-11-10-12-18-39)62(103)80-43(71(112)113)21-23-50(74)95)81-64(105)47(31-91)84-59(100)40(19-13-15-25-72)78-58(99)41(20-14-16-26-73)79-68(109)54(35(3)4)87-53(98)30-76-67(108)57(38(9)94)90-66(107)49(33-93)86-69(110)55(36(5)6)89-70(111)56(37(7)8)88-65(106)48(32-92)85-63(104)46(29-51(75)96)83-60(101)42-22-24-52(97)77-42/h10-12,17-18,34-38,40-49,54-57,91-94H,13-16,19-33,72-73H2,1-9H3,(H2,74,95)(H2,75,96)(H,76,108)(H,77,97)(H,78,99)(H,79,109)(H,80,103)(H,81,105)(H,82,102)(H,83,101)(H,84,100)(H,85,104)(H,86,110)(H,87,98)(H,88,106)(H,89,111)(H,90,107)(H,112,113). The summed E-state index contributed by atoms with van der Waals surface area (Å²) in [5, 5.41) is 87.4. The van der Waals surface area contributed by atoms with E-state index in [1.165, 1.54) is 41.5 Å². The minimum absolute atomic E-state index is 0.0224. The molecule has 113 heavy (non-hydrogen) atoms. The van der Waals surface area contributed by atoms with Gasteiger partial charge >= 0.3 is 5.97 Å². The summed E-state index contributed by atoms with van der Waals surface area (Å²) in [4.78, 5) is 240. The zero-order valence-corrected chi connectivity index (χ0v) is 65.2. The van der Waals surface area contributed by atoms with Gasteiger partial charge in [0.1, 0.15) is 84.6 Å². The number of nitrogens with two attached hydrogens (primary N) is 4. The zero-order valence-electron chi connectivity index (χ0n) is 65.2. The molecule has 0 bridgehead atoms. The smallest absolute Gasteiger partial charge is 0.326 e. The van der Waals surface area contributed by atoms with Crippen LogP contribution in [-0.2, 0) is 92.7 Å². The molecule has 1 aromatic carbocycles. The van der Waals surface area contributed by atoms with Crippen molar-refractivity contribution in [2.75, 3.05) is 39.5 Å². The average Bonchev–Trinajstić information content (AvgIpc) is 1.22. The number of carbonyl (C=O) groups is 18. The second-order valence-electron chi connectivity index (χ2n) is 28.9. The monoisotopic (exact) mass is 1600 g/mol. The Balaban J connectivity index is 2.26. The first-order chi connectivity index (χ1) is 53.1. The molecule has 1 aliphatic heterocycles. The molecule has 1 aromatic rings. The van der Waals surface area contributed by atoms with E-state index in [1.807, 2.05) is 0 Å². The van der Waals surface area contributed by atoms with E-state index in [0.717, 1.165) is 6.92 Å². The van der Waals surface area contributed by atoms with E-state index in [9.17, 15) is 112 Å². The fourth-order valence-electron chi connectivity index (χ4n) is 11.3. The maximum atomic E-state index is 14.3. The Bertz CT molecular complexity index is 3420. The van der Waals surface area contributed by atoms with Gasteiger partial charge in [0.25, 0.3) is 0 Å². The molecule has 28 N–H and O–H groups in total. The summed E-state index contributed by atoms with van der Waals surface area (Å²) in [7, 11) is 0. The van der Waals surface area contributed by atoms with Crippen LogP contribution >= 0.6 is 0 Å². The Labute approximate surface area is 654 Å². The van der Waals surface area contributed by atoms with Crippen LogP contribution in [0.2, 0.25) is 0 Å². The Kier molecular flexibility index (Phi) is 44.0. The number of amides is 17. The van der Waals surface area contributed by atoms with Crippen LogP contribution in [-0.4, -0.2) is 262 Å². The molecule has 0 aromatic heterocycles. The van der Waals surface area contributed by atoms with Crippen LogP contribution in [0.4, 0.5) is 0 Å². The predicted octanol–water partition coefficient (Wildman–Crippen LogP) is -9.22. The number of aliphatic hydroxyl groups is 4. The molecule has 1 fully saturated rings. The molecule has 42 nitrogen and oxygen atoms in total. The number of primary amides is 2. The first kappa shape index (κ1) is 98.5. The van der Waals surface area contributed by atoms with Crippen molar-refractivity contribution in [2.24, 2.45) is 46.6 Å². The van der Waals surface area contributed by atoms with Crippen molar-refractivity contribution in [1.82, 2.24) is 79.8 Å². The van der Waals surface area contributed by atoms with Gasteiger partial charge in [-0.1, -0.05) is 85.7 Å². The lowest BCUT2D eigenvalue weighted by Gasteiger charge is -2.29. The Hall–Kier alpha value is -10.6. The summed E-state index contributed by atoms with van der Waals surface area (Å²) in [6.45, 7) is 9.72. The summed E-state index contributed by atoms with van der Waals surface area (Å²) in [6.07, 6.45) is -2.34. The summed E-state index contributed by atoms with van der Waals surface area (Å²) < 4.78 is 0. The molecule has 634 valence electrons. The van der Waals surface area contributed by atoms with E-state index in [2.05, 4.69) is 79.8 Å². The lowest BCUT2D eigenvalue weighted by Crippen LogP contribution is -2.63. The molecule has 17 amide bonds. The second-order valence-corrected chi connectivity index (χ2v) is 28.9. The molecule has 42 heteroatoms. The van der Waals surface area contributed by atoms with Crippen LogP contribution < -0.4 is 103 Å². The Morgan fingerprint density at radius 3 is 1.27 bits per heavy atom. The summed E-state index contributed by atoms with van der Waals surface area (Å²) >= 11 is 0. The number of unbranched alkanes of at least 4 members (excludes halogenated alkanes) is 2. The highest BCUT2D eigenvalue weighted by Gasteiger charge is 2.40. The largest absolute Gasteiger partial charge is 0.480 e. The fraction of sp³-hybridized carbons (Fsp3) is 0.662. The van der Waals surface area contributed by atoms with E-state index >= 15 is 0 Å². The number of rotatable bonds is 53. The highest BCUT2D eigenvalue weighted by Crippen LogP contribution is 2.15. The number of hydrogen-bond donors (Lipinski definition) is 24. The Morgan fingerprint density at radius 2 is 0.832 bits per heavy atom. The first-order valence-corrected chi connectivity index (χ1v) is 37.4. The van der Waals surface area contributed by atoms with Crippen LogP contribution in [0.15, 0.2) is 30.3 Å². The normalized spacial score (nSPS) is 16.3. The molecule has 1 heterocycles. The van der Waals surface area contributed by atoms with Crippen molar-refractivity contribution in [2.45, 2.75) is 236 Å². The van der Waals surface area contributed by atoms with Crippen molar-refractivity contribution in [3.8, 4) is 0 Å². The quantitative estimate of drug-likeness (QED) is 0.0269. The molecule has 15 unspecified atom stereocenters. The Morgan fingerprint density at radius 1 is 0.442 bits per heavy atom. The van der Waals surface area contributed by atoms with Crippen LogP contribution in [0, 0.1) is 23.7 Å². The van der Waals surface area contributed by atoms with E-state index < -0.39 is 248 Å². The molecular formula is C71H117N19O23. The van der Waals surface area contributed by atoms with Gasteiger partial charge in [-0.05, 0) is 107 Å². The van der Waals surface area contributed by atoms with Crippen LogP contribution in [0.5, 0.6) is 0 Å². The zero-order chi connectivity index (χ0) is 85.5. The topological polar surface area (TPSA) is 693 Å². The summed E-state index contributed by atoms with van der Waals surface area (Å²) in [5.41, 5.74) is 22.6. The van der Waals surface area contributed by atoms with Gasteiger partial charge in [0.15, 0.2) is 0 Å². The number of carboxylic acid groups (broad SMARTS) is 1. The fourth-order valence-corrected chi connectivity index (χ4v) is 11.3. The molecule has 15 atom stereocenters. The van der Waals surface area contributed by atoms with Crippen molar-refractivity contribution < 1.29 is 112 Å². The van der Waals surface area contributed by atoms with Gasteiger partial charge in [-0.25, -0.2) is 4.79 Å². The van der Waals surface area contributed by atoms with Crippen LogP contribution in [0.3, 0.4) is 0 Å². The third-order valence-electron chi connectivity index (χ3n) is 17.8. The van der Waals surface area contributed by atoms with Gasteiger partial charge in [-0.2, -0.15) is 0 Å². The van der Waals surface area contributed by atoms with Gasteiger partial charge in [0.05, 0.1) is 38.9 Å². The van der Waals surface area contributed by atoms with Crippen molar-refractivity contribution in [1.29, 1.82) is 0 Å². The molecular weight excluding hydrogens is 1490 g/mol. The van der Waals surface area contributed by atoms with Gasteiger partial charge in [0, 0.05) is 19.3 Å². The summed E-state index contributed by atoms with van der Waals surface area (Å²) in [6, 6.07) is -13.5. The average molecular weight is 1600 g/mol. The first-order valence-electron chi connectivity index (χ1n) is 37.4. The van der Waals surface area contributed by atoms with Gasteiger partial charge in [-0.15, -0.1) is 0 Å². The van der Waals surface area contributed by atoms with Gasteiger partial charge in [-0.3, -0.25) is 81.5 Å². The maximum absolute atomic E-state index is 14.3. The molecule has 0 saturated carbocycles. The van der Waals surface area contributed by atoms with Gasteiger partial charge in [0.2, 0.25) is 100 Å². The van der Waals surface area contributed by atoms with Crippen molar-refractivity contribution >= 4 is 106 Å². The lowest BCUT2D eigenvalue weighted by atomic mass is 9.99. The highest BCUT2D eigenvalue weighted by atomic mass is 16.4. The lowest BCUT2D eigenvalue weighted by molar-refractivity contribution is -0.142. The SMILES string of the molecule is CC(C)CC(NC(=O)C(CO)NC(=O)C(CCCCN)NC(=O)C(CCCCN)NC(=O)C(NC(=O)CNC(=O)C(NC(=O)C(CO)NC(=O)C(NC(=O)C(NC(=O)C(CO)NC(=O)C(CC(N)=O)NC(=O)C1CCC(=O)N1)C(C)C)C(C)C)C(C)O)C(C)C)C(=O)NC(Cc1ccccc1)C(=O)NC(CCC(N)=O)C(=O)O. The third-order valence-corrected chi connectivity index (χ3v) is 17.8. The molecule has 2 rings (SSSR count). The number of aliphatic carboxylic acids is 1. The number of aliphatic hydroxyl groups excluding tert-OH is 4. The predicted molar refractivity (Wildman–Crippen MR) is 402 cm³/mol. The van der Waals surface area contributed by atoms with E-state index in [1.54, 1.807) is 44.2 Å².